The van der Waals surface area contributed by atoms with Gasteiger partial charge in [0.05, 0.1) is 12.1 Å². The van der Waals surface area contributed by atoms with E-state index in [2.05, 4.69) is 34.4 Å². The number of piperidine rings is 1. The number of guanidine groups is 1. The quantitative estimate of drug-likeness (QED) is 0.217. The van der Waals surface area contributed by atoms with Crippen LogP contribution in [-0.4, -0.2) is 60.3 Å². The summed E-state index contributed by atoms with van der Waals surface area (Å²) in [6, 6.07) is 0.731. The van der Waals surface area contributed by atoms with Crippen molar-refractivity contribution in [2.45, 2.75) is 77.9 Å². The fourth-order valence-electron chi connectivity index (χ4n) is 3.02. The second kappa shape index (κ2) is 13.2. The number of nitrogens with zero attached hydrogens (tertiary/aromatic N) is 2. The molecule has 0 aromatic carbocycles. The van der Waals surface area contributed by atoms with Crippen LogP contribution >= 0.6 is 24.0 Å². The van der Waals surface area contributed by atoms with E-state index in [-0.39, 0.29) is 24.0 Å². The summed E-state index contributed by atoms with van der Waals surface area (Å²) in [5, 5.41) is 17.0. The molecule has 1 aliphatic heterocycles. The Morgan fingerprint density at radius 3 is 2.50 bits per heavy atom. The maximum Gasteiger partial charge on any atom is 0.191 e. The van der Waals surface area contributed by atoms with E-state index < -0.39 is 5.60 Å². The average Bonchev–Trinajstić information content (AvgIpc) is 2.57. The average molecular weight is 454 g/mol. The highest BCUT2D eigenvalue weighted by Crippen LogP contribution is 2.16. The molecule has 1 atom stereocenters. The van der Waals surface area contributed by atoms with E-state index in [1.165, 1.54) is 25.8 Å². The molecular weight excluding hydrogens is 415 g/mol. The van der Waals surface area contributed by atoms with Crippen LogP contribution in [0.1, 0.15) is 66.2 Å². The first-order valence-corrected chi connectivity index (χ1v) is 9.53. The second-order valence-corrected chi connectivity index (χ2v) is 6.79. The highest BCUT2D eigenvalue weighted by molar-refractivity contribution is 14.0. The second-order valence-electron chi connectivity index (χ2n) is 6.79. The van der Waals surface area contributed by atoms with Gasteiger partial charge in [0.25, 0.3) is 0 Å². The van der Waals surface area contributed by atoms with Gasteiger partial charge in [-0.15, -0.1) is 24.0 Å². The van der Waals surface area contributed by atoms with Crippen molar-refractivity contribution < 1.29 is 5.11 Å². The van der Waals surface area contributed by atoms with Crippen LogP contribution in [0, 0.1) is 0 Å². The summed E-state index contributed by atoms with van der Waals surface area (Å²) in [7, 11) is 0. The van der Waals surface area contributed by atoms with Crippen molar-refractivity contribution in [3.05, 3.63) is 0 Å². The van der Waals surface area contributed by atoms with Crippen LogP contribution in [0.2, 0.25) is 0 Å². The van der Waals surface area contributed by atoms with Gasteiger partial charge in [0, 0.05) is 25.7 Å². The van der Waals surface area contributed by atoms with Gasteiger partial charge in [-0.1, -0.05) is 20.3 Å². The lowest BCUT2D eigenvalue weighted by atomic mass is 9.98. The summed E-state index contributed by atoms with van der Waals surface area (Å²) >= 11 is 0. The first kappa shape index (κ1) is 23.9. The molecule has 6 heteroatoms. The van der Waals surface area contributed by atoms with Crippen LogP contribution in [0.3, 0.4) is 0 Å². The number of rotatable bonds is 9. The maximum atomic E-state index is 10.3. The highest BCUT2D eigenvalue weighted by atomic mass is 127. The van der Waals surface area contributed by atoms with E-state index in [9.17, 15) is 5.11 Å². The van der Waals surface area contributed by atoms with Gasteiger partial charge in [0.2, 0.25) is 0 Å². The lowest BCUT2D eigenvalue weighted by Gasteiger charge is -2.33. The SMILES string of the molecule is CCNC(=NCC(O)(CC)CC)NCCCN1CCCCC1C.I. The minimum absolute atomic E-state index is 0. The van der Waals surface area contributed by atoms with Gasteiger partial charge in [-0.2, -0.15) is 0 Å². The lowest BCUT2D eigenvalue weighted by molar-refractivity contribution is 0.0418. The third kappa shape index (κ3) is 8.85. The molecule has 0 aliphatic carbocycles. The summed E-state index contributed by atoms with van der Waals surface area (Å²) in [5.74, 6) is 0.819. The Bertz CT molecular complexity index is 348. The maximum absolute atomic E-state index is 10.3. The van der Waals surface area contributed by atoms with E-state index in [0.29, 0.717) is 6.54 Å². The molecule has 3 N–H and O–H groups in total. The van der Waals surface area contributed by atoms with Gasteiger partial charge >= 0.3 is 0 Å². The van der Waals surface area contributed by atoms with Crippen molar-refractivity contribution in [1.82, 2.24) is 15.5 Å². The van der Waals surface area contributed by atoms with E-state index in [0.717, 1.165) is 50.9 Å². The third-order valence-electron chi connectivity index (χ3n) is 5.05. The summed E-state index contributed by atoms with van der Waals surface area (Å²) in [4.78, 5) is 7.16. The number of halogens is 1. The number of aliphatic hydroxyl groups is 1. The molecule has 0 aromatic heterocycles. The van der Waals surface area contributed by atoms with Crippen LogP contribution in [0.25, 0.3) is 0 Å². The van der Waals surface area contributed by atoms with Crippen molar-refractivity contribution in [3.63, 3.8) is 0 Å². The molecule has 1 fully saturated rings. The number of likely N-dealkylation sites (tertiary alicyclic amines) is 1. The van der Waals surface area contributed by atoms with E-state index in [1.807, 2.05) is 13.8 Å². The molecule has 0 bridgehead atoms. The van der Waals surface area contributed by atoms with E-state index >= 15 is 0 Å². The van der Waals surface area contributed by atoms with Gasteiger partial charge in [-0.3, -0.25) is 4.99 Å². The minimum atomic E-state index is -0.675. The minimum Gasteiger partial charge on any atom is -0.388 e. The smallest absolute Gasteiger partial charge is 0.191 e. The summed E-state index contributed by atoms with van der Waals surface area (Å²) in [5.41, 5.74) is -0.675. The van der Waals surface area contributed by atoms with Gasteiger partial charge in [-0.05, 0) is 52.5 Å². The third-order valence-corrected chi connectivity index (χ3v) is 5.05. The molecule has 0 amide bonds. The molecule has 1 rings (SSSR count). The van der Waals surface area contributed by atoms with Crippen molar-refractivity contribution in [3.8, 4) is 0 Å². The Morgan fingerprint density at radius 1 is 1.21 bits per heavy atom. The Balaban J connectivity index is 0.00000529. The van der Waals surface area contributed by atoms with Crippen molar-refractivity contribution in [2.75, 3.05) is 32.7 Å². The zero-order valence-electron chi connectivity index (χ0n) is 16.1. The van der Waals surface area contributed by atoms with Crippen molar-refractivity contribution >= 4 is 29.9 Å². The number of hydrogen-bond acceptors (Lipinski definition) is 3. The predicted molar refractivity (Wildman–Crippen MR) is 114 cm³/mol. The fraction of sp³-hybridized carbons (Fsp3) is 0.944. The Labute approximate surface area is 166 Å². The number of aliphatic imine (C=N–C) groups is 1. The first-order chi connectivity index (χ1) is 11.0. The monoisotopic (exact) mass is 454 g/mol. The molecule has 144 valence electrons. The molecule has 5 nitrogen and oxygen atoms in total. The van der Waals surface area contributed by atoms with Crippen LogP contribution in [0.15, 0.2) is 4.99 Å². The van der Waals surface area contributed by atoms with E-state index in [4.69, 9.17) is 0 Å². The van der Waals surface area contributed by atoms with Gasteiger partial charge in [0.1, 0.15) is 0 Å². The van der Waals surface area contributed by atoms with Crippen LogP contribution in [0.5, 0.6) is 0 Å². The summed E-state index contributed by atoms with van der Waals surface area (Å²) < 4.78 is 0. The van der Waals surface area contributed by atoms with Crippen LogP contribution < -0.4 is 10.6 Å². The normalized spacial score (nSPS) is 19.7. The zero-order valence-corrected chi connectivity index (χ0v) is 18.4. The molecule has 1 heterocycles. The first-order valence-electron chi connectivity index (χ1n) is 9.53. The van der Waals surface area contributed by atoms with Gasteiger partial charge < -0.3 is 20.6 Å². The van der Waals surface area contributed by atoms with Crippen molar-refractivity contribution in [1.29, 1.82) is 0 Å². The molecule has 1 saturated heterocycles. The molecule has 0 saturated carbocycles. The van der Waals surface area contributed by atoms with Crippen molar-refractivity contribution in [2.24, 2.45) is 4.99 Å². The lowest BCUT2D eigenvalue weighted by Crippen LogP contribution is -2.42. The standard InChI is InChI=1S/C18H38N4O.HI/c1-5-18(23,6-2)15-21-17(19-7-3)20-12-10-14-22-13-9-8-11-16(22)4;/h16,23H,5-15H2,1-4H3,(H2,19,20,21);1H. The highest BCUT2D eigenvalue weighted by Gasteiger charge is 2.21. The number of hydrogen-bond donors (Lipinski definition) is 3. The Morgan fingerprint density at radius 2 is 1.92 bits per heavy atom. The molecule has 0 aromatic rings. The van der Waals surface area contributed by atoms with Crippen LogP contribution in [0.4, 0.5) is 0 Å². The molecule has 0 spiro atoms. The molecular formula is C18H39IN4O. The largest absolute Gasteiger partial charge is 0.388 e. The Hall–Kier alpha value is -0.0800. The van der Waals surface area contributed by atoms with Crippen LogP contribution in [-0.2, 0) is 0 Å². The number of nitrogens with one attached hydrogen (secondary N) is 2. The predicted octanol–water partition coefficient (Wildman–Crippen LogP) is 2.98. The molecule has 1 unspecified atom stereocenters. The molecule has 0 radical (unpaired) electrons. The zero-order chi connectivity index (χ0) is 17.1. The molecule has 1 aliphatic rings. The molecule has 24 heavy (non-hydrogen) atoms. The Kier molecular flexibility index (Phi) is 13.1. The fourth-order valence-corrected chi connectivity index (χ4v) is 3.02. The van der Waals surface area contributed by atoms with E-state index in [1.54, 1.807) is 0 Å². The van der Waals surface area contributed by atoms with Gasteiger partial charge in [-0.25, -0.2) is 0 Å². The topological polar surface area (TPSA) is 59.9 Å². The summed E-state index contributed by atoms with van der Waals surface area (Å²) in [6.45, 7) is 13.1. The van der Waals surface area contributed by atoms with Gasteiger partial charge in [0.15, 0.2) is 5.96 Å². The summed E-state index contributed by atoms with van der Waals surface area (Å²) in [6.07, 6.45) is 6.66.